The van der Waals surface area contributed by atoms with Crippen LogP contribution in [0.3, 0.4) is 0 Å². The maximum atomic E-state index is 2.69. The molecule has 0 aromatic heterocycles. The molecule has 4 aromatic carbocycles. The molecule has 0 heterocycles. The Morgan fingerprint density at radius 1 is 0.512 bits per heavy atom. The molecule has 0 saturated heterocycles. The van der Waals surface area contributed by atoms with Crippen molar-refractivity contribution >= 4 is 20.2 Å². The minimum Gasteiger partial charge on any atom is -0.0679 e. The summed E-state index contributed by atoms with van der Waals surface area (Å²) in [5.41, 5.74) is 21.0. The second-order valence-electron chi connectivity index (χ2n) is 14.7. The molecule has 2 atom stereocenters. The van der Waals surface area contributed by atoms with E-state index in [-0.39, 0.29) is 0 Å². The van der Waals surface area contributed by atoms with Crippen LogP contribution in [-0.2, 0) is 0 Å². The quantitative estimate of drug-likeness (QED) is 0.199. The van der Waals surface area contributed by atoms with Gasteiger partial charge in [-0.1, -0.05) is 159 Å². The first kappa shape index (κ1) is 29.6. The van der Waals surface area contributed by atoms with Crippen molar-refractivity contribution in [3.8, 4) is 22.3 Å². The van der Waals surface area contributed by atoms with Crippen molar-refractivity contribution < 1.29 is 0 Å². The summed E-state index contributed by atoms with van der Waals surface area (Å²) < 4.78 is 0. The summed E-state index contributed by atoms with van der Waals surface area (Å²) in [7, 11) is -2.02. The van der Waals surface area contributed by atoms with Gasteiger partial charge in [-0.05, 0) is 84.0 Å². The van der Waals surface area contributed by atoms with Crippen molar-refractivity contribution in [1.29, 1.82) is 0 Å². The van der Waals surface area contributed by atoms with Gasteiger partial charge in [0.15, 0.2) is 0 Å². The SMILES string of the molecule is Cc1cc(C)cc(-c2cccc3c2C=C(C(C)C)[C@@H]3[Si](C)(C)[C@H]2C(C(C)C)=Cc3c(-c4cc(C)cc(C)c4)cccc32)c1. The van der Waals surface area contributed by atoms with Crippen molar-refractivity contribution in [1.82, 2.24) is 0 Å². The standard InChI is InChI=1S/C42H48Si/c1-25(2)37-23-39-33(31-19-27(5)17-28(6)20-31)13-11-15-35(39)41(37)43(9,10)42-36-16-12-14-34(40(36)24-38(42)26(3)4)32-21-29(7)18-30(8)22-32/h11-26,41-42H,1-10H3/t41-,42-/m1/s1. The summed E-state index contributed by atoms with van der Waals surface area (Å²) in [5.74, 6) is 1.01. The second-order valence-corrected chi connectivity index (χ2v) is 19.5. The van der Waals surface area contributed by atoms with E-state index in [9.17, 15) is 0 Å². The minimum absolute atomic E-state index is 0.483. The normalized spacial score (nSPS) is 17.8. The predicted octanol–water partition coefficient (Wildman–Crippen LogP) is 12.0. The molecule has 2 aliphatic rings. The monoisotopic (exact) mass is 580 g/mol. The highest BCUT2D eigenvalue weighted by Crippen LogP contribution is 2.56. The van der Waals surface area contributed by atoms with Gasteiger partial charge in [-0.15, -0.1) is 0 Å². The van der Waals surface area contributed by atoms with Gasteiger partial charge < -0.3 is 0 Å². The van der Waals surface area contributed by atoms with E-state index >= 15 is 0 Å². The van der Waals surface area contributed by atoms with Gasteiger partial charge in [-0.2, -0.15) is 0 Å². The van der Waals surface area contributed by atoms with E-state index < -0.39 is 8.07 Å². The van der Waals surface area contributed by atoms with Crippen molar-refractivity contribution in [2.75, 3.05) is 0 Å². The molecule has 220 valence electrons. The molecule has 4 aromatic rings. The van der Waals surface area contributed by atoms with Gasteiger partial charge in [0.1, 0.15) is 0 Å². The topological polar surface area (TPSA) is 0 Å². The van der Waals surface area contributed by atoms with Gasteiger partial charge in [0.25, 0.3) is 0 Å². The third-order valence-corrected chi connectivity index (χ3v) is 14.3. The first-order chi connectivity index (χ1) is 20.4. The predicted molar refractivity (Wildman–Crippen MR) is 191 cm³/mol. The Kier molecular flexibility index (Phi) is 7.54. The van der Waals surface area contributed by atoms with Gasteiger partial charge in [0, 0.05) is 11.1 Å². The van der Waals surface area contributed by atoms with Crippen molar-refractivity contribution in [2.24, 2.45) is 11.8 Å². The van der Waals surface area contributed by atoms with E-state index in [1.807, 2.05) is 0 Å². The van der Waals surface area contributed by atoms with Crippen LogP contribution in [-0.4, -0.2) is 8.07 Å². The summed E-state index contributed by atoms with van der Waals surface area (Å²) >= 11 is 0. The molecule has 2 aliphatic carbocycles. The van der Waals surface area contributed by atoms with E-state index in [1.54, 1.807) is 22.3 Å². The molecule has 43 heavy (non-hydrogen) atoms. The number of aryl methyl sites for hydroxylation is 4. The van der Waals surface area contributed by atoms with Gasteiger partial charge in [0.05, 0.1) is 8.07 Å². The molecule has 0 bridgehead atoms. The smallest absolute Gasteiger partial charge is 0.0679 e. The number of fused-ring (bicyclic) bond motifs is 2. The van der Waals surface area contributed by atoms with Crippen LogP contribution in [0, 0.1) is 39.5 Å². The average Bonchev–Trinajstić information content (AvgIpc) is 3.52. The Balaban J connectivity index is 1.53. The molecule has 1 heteroatoms. The van der Waals surface area contributed by atoms with Crippen LogP contribution < -0.4 is 0 Å². The lowest BCUT2D eigenvalue weighted by Crippen LogP contribution is -2.44. The van der Waals surface area contributed by atoms with Crippen LogP contribution in [0.25, 0.3) is 34.4 Å². The molecule has 0 radical (unpaired) electrons. The third-order valence-electron chi connectivity index (χ3n) is 10.1. The maximum absolute atomic E-state index is 2.69. The summed E-state index contributed by atoms with van der Waals surface area (Å²) in [6, 6.07) is 28.3. The highest BCUT2D eigenvalue weighted by atomic mass is 28.3. The minimum atomic E-state index is -2.02. The molecule has 0 spiro atoms. The number of hydrogen-bond donors (Lipinski definition) is 0. The van der Waals surface area contributed by atoms with Gasteiger partial charge in [-0.3, -0.25) is 0 Å². The van der Waals surface area contributed by atoms with Gasteiger partial charge in [-0.25, -0.2) is 0 Å². The zero-order valence-corrected chi connectivity index (χ0v) is 28.9. The Labute approximate surface area is 261 Å². The van der Waals surface area contributed by atoms with Crippen LogP contribution in [0.5, 0.6) is 0 Å². The van der Waals surface area contributed by atoms with E-state index in [0.29, 0.717) is 22.9 Å². The molecular weight excluding hydrogens is 533 g/mol. The summed E-state index contributed by atoms with van der Waals surface area (Å²) in [6.07, 6.45) is 5.18. The first-order valence-electron chi connectivity index (χ1n) is 16.2. The van der Waals surface area contributed by atoms with Crippen molar-refractivity contribution in [3.05, 3.63) is 128 Å². The van der Waals surface area contributed by atoms with Crippen LogP contribution in [0.15, 0.2) is 83.9 Å². The lowest BCUT2D eigenvalue weighted by molar-refractivity contribution is 0.709. The fourth-order valence-corrected chi connectivity index (χ4v) is 13.4. The zero-order chi connectivity index (χ0) is 30.8. The molecule has 0 saturated carbocycles. The largest absolute Gasteiger partial charge is 0.0722 e. The molecule has 0 aliphatic heterocycles. The molecule has 6 rings (SSSR count). The number of benzene rings is 4. The molecule has 0 unspecified atom stereocenters. The highest BCUT2D eigenvalue weighted by Gasteiger charge is 2.49. The van der Waals surface area contributed by atoms with Crippen molar-refractivity contribution in [2.45, 2.75) is 79.6 Å². The fourth-order valence-electron chi connectivity index (χ4n) is 8.44. The van der Waals surface area contributed by atoms with Gasteiger partial charge in [0.2, 0.25) is 0 Å². The van der Waals surface area contributed by atoms with Gasteiger partial charge >= 0.3 is 0 Å². The summed E-state index contributed by atoms with van der Waals surface area (Å²) in [6.45, 7) is 23.9. The molecule has 0 N–H and O–H groups in total. The van der Waals surface area contributed by atoms with Crippen LogP contribution in [0.2, 0.25) is 13.1 Å². The van der Waals surface area contributed by atoms with Crippen LogP contribution in [0.1, 0.15) is 83.3 Å². The lowest BCUT2D eigenvalue weighted by Gasteiger charge is -2.41. The number of allylic oxidation sites excluding steroid dienone is 2. The number of rotatable bonds is 6. The lowest BCUT2D eigenvalue weighted by atomic mass is 9.94. The second kappa shape index (κ2) is 10.9. The zero-order valence-electron chi connectivity index (χ0n) is 27.9. The summed E-state index contributed by atoms with van der Waals surface area (Å²) in [4.78, 5) is 0. The van der Waals surface area contributed by atoms with E-state index in [2.05, 4.69) is 153 Å². The highest BCUT2D eigenvalue weighted by molar-refractivity contribution is 6.81. The first-order valence-corrected chi connectivity index (χ1v) is 19.4. The Hall–Kier alpha value is -3.42. The average molecular weight is 581 g/mol. The van der Waals surface area contributed by atoms with E-state index in [4.69, 9.17) is 0 Å². The van der Waals surface area contributed by atoms with Crippen molar-refractivity contribution in [3.63, 3.8) is 0 Å². The molecular formula is C42H48Si. The Morgan fingerprint density at radius 2 is 0.860 bits per heavy atom. The molecule has 0 fully saturated rings. The Morgan fingerprint density at radius 3 is 1.19 bits per heavy atom. The Bertz CT molecular complexity index is 1620. The third kappa shape index (κ3) is 5.10. The van der Waals surface area contributed by atoms with Crippen LogP contribution in [0.4, 0.5) is 0 Å². The summed E-state index contributed by atoms with van der Waals surface area (Å²) in [5, 5.41) is 0. The van der Waals surface area contributed by atoms with E-state index in [0.717, 1.165) is 0 Å². The maximum Gasteiger partial charge on any atom is 0.0722 e. The fraction of sp³-hybridized carbons (Fsp3) is 0.333. The number of hydrogen-bond acceptors (Lipinski definition) is 0. The molecule has 0 amide bonds. The van der Waals surface area contributed by atoms with Crippen LogP contribution >= 0.6 is 0 Å². The molecule has 0 nitrogen and oxygen atoms in total. The van der Waals surface area contributed by atoms with E-state index in [1.165, 1.54) is 55.6 Å².